The Labute approximate surface area is 134 Å². The minimum absolute atomic E-state index is 0.0585. The third kappa shape index (κ3) is 4.53. The summed E-state index contributed by atoms with van der Waals surface area (Å²) in [6.45, 7) is 4.26. The second-order valence-electron chi connectivity index (χ2n) is 5.63. The Balaban J connectivity index is 1.39. The lowest BCUT2D eigenvalue weighted by molar-refractivity contribution is -0.116. The maximum absolute atomic E-state index is 11.9. The fourth-order valence-corrected chi connectivity index (χ4v) is 2.60. The van der Waals surface area contributed by atoms with Gasteiger partial charge in [0.1, 0.15) is 17.6 Å². The van der Waals surface area contributed by atoms with Gasteiger partial charge in [0.25, 0.3) is 0 Å². The van der Waals surface area contributed by atoms with E-state index < -0.39 is 0 Å². The SMILES string of the molecule is Cc1cc(NC(=O)CCN2CC[C@@H](Oc3ccncc3)C2)no1. The monoisotopic (exact) mass is 316 g/mol. The fourth-order valence-electron chi connectivity index (χ4n) is 2.60. The van der Waals surface area contributed by atoms with Gasteiger partial charge in [-0.1, -0.05) is 5.16 Å². The van der Waals surface area contributed by atoms with Crippen molar-refractivity contribution in [3.05, 3.63) is 36.4 Å². The van der Waals surface area contributed by atoms with Crippen LogP contribution in [-0.4, -0.2) is 46.7 Å². The average Bonchev–Trinajstić information content (AvgIpc) is 3.15. The van der Waals surface area contributed by atoms with E-state index >= 15 is 0 Å². The van der Waals surface area contributed by atoms with E-state index in [0.717, 1.165) is 25.3 Å². The first-order valence-electron chi connectivity index (χ1n) is 7.71. The highest BCUT2D eigenvalue weighted by Crippen LogP contribution is 2.17. The Morgan fingerprint density at radius 2 is 2.30 bits per heavy atom. The second-order valence-corrected chi connectivity index (χ2v) is 5.63. The van der Waals surface area contributed by atoms with Crippen LogP contribution in [0.15, 0.2) is 35.1 Å². The van der Waals surface area contributed by atoms with Gasteiger partial charge in [-0.3, -0.25) is 14.7 Å². The molecule has 0 aliphatic carbocycles. The van der Waals surface area contributed by atoms with Crippen molar-refractivity contribution in [2.75, 3.05) is 25.0 Å². The van der Waals surface area contributed by atoms with E-state index in [1.807, 2.05) is 12.1 Å². The van der Waals surface area contributed by atoms with Crippen LogP contribution in [-0.2, 0) is 4.79 Å². The third-order valence-electron chi connectivity index (χ3n) is 3.73. The third-order valence-corrected chi connectivity index (χ3v) is 3.73. The van der Waals surface area contributed by atoms with Gasteiger partial charge in [-0.05, 0) is 25.5 Å². The Morgan fingerprint density at radius 1 is 1.48 bits per heavy atom. The number of anilines is 1. The molecule has 1 N–H and O–H groups in total. The van der Waals surface area contributed by atoms with Crippen molar-refractivity contribution in [2.45, 2.75) is 25.9 Å². The summed E-state index contributed by atoms with van der Waals surface area (Å²) in [5.41, 5.74) is 0. The number of aryl methyl sites for hydroxylation is 1. The van der Waals surface area contributed by atoms with Crippen LogP contribution in [0.25, 0.3) is 0 Å². The van der Waals surface area contributed by atoms with Crippen LogP contribution in [0.3, 0.4) is 0 Å². The minimum atomic E-state index is -0.0585. The van der Waals surface area contributed by atoms with Crippen LogP contribution in [0.5, 0.6) is 5.75 Å². The molecule has 1 atom stereocenters. The zero-order chi connectivity index (χ0) is 16.1. The fraction of sp³-hybridized carbons (Fsp3) is 0.438. The summed E-state index contributed by atoms with van der Waals surface area (Å²) in [5.74, 6) is 1.92. The molecule has 1 saturated heterocycles. The van der Waals surface area contributed by atoms with Crippen molar-refractivity contribution < 1.29 is 14.1 Å². The number of carbonyl (C=O) groups excluding carboxylic acids is 1. The zero-order valence-electron chi connectivity index (χ0n) is 13.1. The van der Waals surface area contributed by atoms with E-state index in [1.54, 1.807) is 25.4 Å². The number of ether oxygens (including phenoxy) is 1. The maximum Gasteiger partial charge on any atom is 0.226 e. The topological polar surface area (TPSA) is 80.5 Å². The molecular formula is C16H20N4O3. The Hall–Kier alpha value is -2.41. The van der Waals surface area contributed by atoms with E-state index in [0.29, 0.717) is 24.5 Å². The molecule has 3 heterocycles. The smallest absolute Gasteiger partial charge is 0.226 e. The number of nitrogens with zero attached hydrogens (tertiary/aromatic N) is 3. The van der Waals surface area contributed by atoms with Crippen LogP contribution in [0.4, 0.5) is 5.82 Å². The first kappa shape index (κ1) is 15.5. The van der Waals surface area contributed by atoms with E-state index in [-0.39, 0.29) is 12.0 Å². The molecule has 7 heteroatoms. The molecule has 7 nitrogen and oxygen atoms in total. The summed E-state index contributed by atoms with van der Waals surface area (Å²) in [6, 6.07) is 5.42. The summed E-state index contributed by atoms with van der Waals surface area (Å²) in [5, 5.41) is 6.48. The molecule has 0 saturated carbocycles. The zero-order valence-corrected chi connectivity index (χ0v) is 13.1. The lowest BCUT2D eigenvalue weighted by Gasteiger charge is -2.16. The van der Waals surface area contributed by atoms with Gasteiger partial charge in [0, 0.05) is 44.5 Å². The molecule has 0 aromatic carbocycles. The summed E-state index contributed by atoms with van der Waals surface area (Å²) >= 11 is 0. The van der Waals surface area contributed by atoms with Crippen molar-refractivity contribution in [1.82, 2.24) is 15.0 Å². The van der Waals surface area contributed by atoms with Crippen molar-refractivity contribution in [1.29, 1.82) is 0 Å². The first-order valence-corrected chi connectivity index (χ1v) is 7.71. The molecule has 1 amide bonds. The van der Waals surface area contributed by atoms with Crippen LogP contribution in [0.2, 0.25) is 0 Å². The number of carbonyl (C=O) groups is 1. The van der Waals surface area contributed by atoms with Crippen molar-refractivity contribution in [2.24, 2.45) is 0 Å². The van der Waals surface area contributed by atoms with E-state index in [9.17, 15) is 4.79 Å². The van der Waals surface area contributed by atoms with Gasteiger partial charge >= 0.3 is 0 Å². The number of amides is 1. The molecule has 2 aromatic heterocycles. The van der Waals surface area contributed by atoms with Crippen molar-refractivity contribution in [3.63, 3.8) is 0 Å². The average molecular weight is 316 g/mol. The van der Waals surface area contributed by atoms with Gasteiger partial charge in [-0.15, -0.1) is 0 Å². The number of pyridine rings is 1. The summed E-state index contributed by atoms with van der Waals surface area (Å²) in [6.07, 6.45) is 5.00. The molecule has 122 valence electrons. The first-order chi connectivity index (χ1) is 11.2. The van der Waals surface area contributed by atoms with Crippen LogP contribution in [0.1, 0.15) is 18.6 Å². The number of nitrogens with one attached hydrogen (secondary N) is 1. The Bertz CT molecular complexity index is 644. The highest BCUT2D eigenvalue weighted by molar-refractivity contribution is 5.89. The van der Waals surface area contributed by atoms with E-state index in [1.165, 1.54) is 0 Å². The maximum atomic E-state index is 11.9. The molecule has 1 fully saturated rings. The minimum Gasteiger partial charge on any atom is -0.489 e. The Morgan fingerprint density at radius 3 is 3.04 bits per heavy atom. The molecule has 2 aromatic rings. The van der Waals surface area contributed by atoms with Crippen molar-refractivity contribution >= 4 is 11.7 Å². The molecule has 0 unspecified atom stereocenters. The number of hydrogen-bond acceptors (Lipinski definition) is 6. The highest BCUT2D eigenvalue weighted by atomic mass is 16.5. The van der Waals surface area contributed by atoms with Gasteiger partial charge in [0.05, 0.1) is 0 Å². The number of likely N-dealkylation sites (tertiary alicyclic amines) is 1. The van der Waals surface area contributed by atoms with Gasteiger partial charge in [0.15, 0.2) is 5.82 Å². The predicted octanol–water partition coefficient (Wildman–Crippen LogP) is 1.86. The summed E-state index contributed by atoms with van der Waals surface area (Å²) in [4.78, 5) is 18.1. The quantitative estimate of drug-likeness (QED) is 0.876. The molecule has 1 aliphatic heterocycles. The summed E-state index contributed by atoms with van der Waals surface area (Å²) < 4.78 is 10.8. The molecular weight excluding hydrogens is 296 g/mol. The molecule has 0 spiro atoms. The van der Waals surface area contributed by atoms with Crippen molar-refractivity contribution in [3.8, 4) is 5.75 Å². The second kappa shape index (κ2) is 7.23. The predicted molar refractivity (Wildman–Crippen MR) is 84.2 cm³/mol. The normalized spacial score (nSPS) is 18.0. The van der Waals surface area contributed by atoms with Crippen LogP contribution >= 0.6 is 0 Å². The van der Waals surface area contributed by atoms with Gasteiger partial charge < -0.3 is 14.6 Å². The molecule has 0 radical (unpaired) electrons. The molecule has 3 rings (SSSR count). The largest absolute Gasteiger partial charge is 0.489 e. The number of hydrogen-bond donors (Lipinski definition) is 1. The molecule has 23 heavy (non-hydrogen) atoms. The van der Waals surface area contributed by atoms with E-state index in [2.05, 4.69) is 20.4 Å². The van der Waals surface area contributed by atoms with Gasteiger partial charge in [0.2, 0.25) is 5.91 Å². The van der Waals surface area contributed by atoms with Crippen LogP contribution in [0, 0.1) is 6.92 Å². The number of rotatable bonds is 6. The Kier molecular flexibility index (Phi) is 4.87. The molecule has 0 bridgehead atoms. The summed E-state index contributed by atoms with van der Waals surface area (Å²) in [7, 11) is 0. The van der Waals surface area contributed by atoms with Gasteiger partial charge in [-0.25, -0.2) is 0 Å². The lowest BCUT2D eigenvalue weighted by atomic mass is 10.3. The van der Waals surface area contributed by atoms with Crippen LogP contribution < -0.4 is 10.1 Å². The number of aromatic nitrogens is 2. The highest BCUT2D eigenvalue weighted by Gasteiger charge is 2.24. The standard InChI is InChI=1S/C16H20N4O3/c1-12-10-15(19-23-12)18-16(21)5-9-20-8-4-14(11-20)22-13-2-6-17-7-3-13/h2-3,6-7,10,14H,4-5,8-9,11H2,1H3,(H,18,19,21)/t14-/m1/s1. The lowest BCUT2D eigenvalue weighted by Crippen LogP contribution is -2.28. The van der Waals surface area contributed by atoms with Gasteiger partial charge in [-0.2, -0.15) is 0 Å². The van der Waals surface area contributed by atoms with E-state index in [4.69, 9.17) is 9.26 Å². The molecule has 1 aliphatic rings.